The summed E-state index contributed by atoms with van der Waals surface area (Å²) in [6.45, 7) is 7.13. The summed E-state index contributed by atoms with van der Waals surface area (Å²) >= 11 is 0. The molecule has 0 unspecified atom stereocenters. The highest BCUT2D eigenvalue weighted by Gasteiger charge is 2.19. The van der Waals surface area contributed by atoms with Gasteiger partial charge in [0.15, 0.2) is 5.96 Å². The third kappa shape index (κ3) is 4.08. The van der Waals surface area contributed by atoms with Crippen molar-refractivity contribution in [3.05, 3.63) is 24.3 Å². The molecule has 0 spiro atoms. The molecule has 1 fully saturated rings. The third-order valence-corrected chi connectivity index (χ3v) is 3.67. The van der Waals surface area contributed by atoms with Crippen molar-refractivity contribution in [2.75, 3.05) is 51.3 Å². The predicted octanol–water partition coefficient (Wildman–Crippen LogP) is 1.42. The molecule has 0 aliphatic carbocycles. The number of anilines is 1. The van der Waals surface area contributed by atoms with Gasteiger partial charge in [-0.1, -0.05) is 5.92 Å². The first-order valence-electron chi connectivity index (χ1n) is 7.64. The van der Waals surface area contributed by atoms with Crippen LogP contribution >= 0.6 is 0 Å². The van der Waals surface area contributed by atoms with Crippen molar-refractivity contribution in [2.24, 2.45) is 4.99 Å². The van der Waals surface area contributed by atoms with E-state index < -0.39 is 0 Å². The molecule has 5 nitrogen and oxygen atoms in total. The second-order valence-electron chi connectivity index (χ2n) is 5.05. The minimum absolute atomic E-state index is 0.418. The Labute approximate surface area is 133 Å². The Morgan fingerprint density at radius 1 is 1.27 bits per heavy atom. The van der Waals surface area contributed by atoms with Gasteiger partial charge < -0.3 is 19.9 Å². The molecule has 1 aliphatic heterocycles. The zero-order chi connectivity index (χ0) is 15.8. The van der Waals surface area contributed by atoms with Crippen molar-refractivity contribution in [2.45, 2.75) is 6.92 Å². The van der Waals surface area contributed by atoms with Crippen LogP contribution in [0.25, 0.3) is 0 Å². The lowest BCUT2D eigenvalue weighted by molar-refractivity contribution is 0.373. The zero-order valence-corrected chi connectivity index (χ0v) is 13.4. The summed E-state index contributed by atoms with van der Waals surface area (Å²) in [6.07, 6.45) is 5.30. The van der Waals surface area contributed by atoms with Gasteiger partial charge in [0.25, 0.3) is 0 Å². The number of aliphatic imine (C=N–C) groups is 1. The molecule has 0 saturated carbocycles. The van der Waals surface area contributed by atoms with Crippen LogP contribution in [-0.4, -0.2) is 57.2 Å². The fraction of sp³-hybridized carbons (Fsp3) is 0.471. The number of terminal acetylenes is 1. The summed E-state index contributed by atoms with van der Waals surface area (Å²) in [7, 11) is 1.69. The Balaban J connectivity index is 1.95. The smallest absolute Gasteiger partial charge is 0.195 e. The lowest BCUT2D eigenvalue weighted by Crippen LogP contribution is -2.52. The van der Waals surface area contributed by atoms with Crippen molar-refractivity contribution >= 4 is 11.6 Å². The van der Waals surface area contributed by atoms with Gasteiger partial charge in [0.05, 0.1) is 7.11 Å². The number of guanidine groups is 1. The van der Waals surface area contributed by atoms with Gasteiger partial charge in [0.1, 0.15) is 12.3 Å². The van der Waals surface area contributed by atoms with E-state index in [0.717, 1.165) is 44.4 Å². The Morgan fingerprint density at radius 2 is 1.95 bits per heavy atom. The van der Waals surface area contributed by atoms with E-state index in [1.54, 1.807) is 7.11 Å². The number of methoxy groups -OCH3 is 1. The molecule has 1 aromatic rings. The molecule has 118 valence electrons. The SMILES string of the molecule is C#CCN=C(NCC)N1CCN(c2ccc(OC)cc2)CC1. The fourth-order valence-corrected chi connectivity index (χ4v) is 2.52. The highest BCUT2D eigenvalue weighted by atomic mass is 16.5. The van der Waals surface area contributed by atoms with Crippen molar-refractivity contribution in [3.8, 4) is 18.1 Å². The van der Waals surface area contributed by atoms with Crippen LogP contribution in [0.5, 0.6) is 5.75 Å². The molecule has 1 aromatic carbocycles. The van der Waals surface area contributed by atoms with E-state index in [2.05, 4.69) is 45.1 Å². The zero-order valence-electron chi connectivity index (χ0n) is 13.4. The van der Waals surface area contributed by atoms with Crippen LogP contribution in [0.3, 0.4) is 0 Å². The average molecular weight is 300 g/mol. The molecule has 0 aromatic heterocycles. The van der Waals surface area contributed by atoms with Crippen molar-refractivity contribution in [3.63, 3.8) is 0 Å². The van der Waals surface area contributed by atoms with Gasteiger partial charge in [0.2, 0.25) is 0 Å². The molecule has 0 atom stereocenters. The number of hydrogen-bond acceptors (Lipinski definition) is 3. The maximum absolute atomic E-state index is 5.30. The molecule has 1 saturated heterocycles. The summed E-state index contributed by atoms with van der Waals surface area (Å²) in [6, 6.07) is 8.21. The van der Waals surface area contributed by atoms with Crippen LogP contribution in [0.1, 0.15) is 6.92 Å². The van der Waals surface area contributed by atoms with Gasteiger partial charge >= 0.3 is 0 Å². The monoisotopic (exact) mass is 300 g/mol. The molecule has 5 heteroatoms. The van der Waals surface area contributed by atoms with Crippen LogP contribution < -0.4 is 15.0 Å². The lowest BCUT2D eigenvalue weighted by Gasteiger charge is -2.37. The van der Waals surface area contributed by atoms with E-state index in [1.807, 2.05) is 12.1 Å². The van der Waals surface area contributed by atoms with Crippen LogP contribution in [0.2, 0.25) is 0 Å². The fourth-order valence-electron chi connectivity index (χ4n) is 2.52. The lowest BCUT2D eigenvalue weighted by atomic mass is 10.2. The number of rotatable bonds is 4. The Bertz CT molecular complexity index is 525. The number of piperazine rings is 1. The first-order valence-corrected chi connectivity index (χ1v) is 7.64. The summed E-state index contributed by atoms with van der Waals surface area (Å²) in [5.74, 6) is 4.36. The molecule has 1 aliphatic rings. The first kappa shape index (κ1) is 16.0. The maximum atomic E-state index is 5.30. The topological polar surface area (TPSA) is 40.1 Å². The van der Waals surface area contributed by atoms with E-state index in [-0.39, 0.29) is 0 Å². The minimum Gasteiger partial charge on any atom is -0.497 e. The van der Waals surface area contributed by atoms with E-state index in [4.69, 9.17) is 11.2 Å². The number of ether oxygens (including phenoxy) is 1. The molecular weight excluding hydrogens is 276 g/mol. The summed E-state index contributed by atoms with van der Waals surface area (Å²) in [5.41, 5.74) is 1.23. The van der Waals surface area contributed by atoms with Crippen LogP contribution in [-0.2, 0) is 0 Å². The number of hydrogen-bond donors (Lipinski definition) is 1. The Morgan fingerprint density at radius 3 is 2.50 bits per heavy atom. The van der Waals surface area contributed by atoms with Gasteiger partial charge in [-0.3, -0.25) is 0 Å². The molecule has 1 N–H and O–H groups in total. The van der Waals surface area contributed by atoms with Gasteiger partial charge in [-0.2, -0.15) is 0 Å². The van der Waals surface area contributed by atoms with Gasteiger partial charge in [-0.15, -0.1) is 6.42 Å². The van der Waals surface area contributed by atoms with Crippen molar-refractivity contribution < 1.29 is 4.74 Å². The molecular formula is C17H24N4O. The predicted molar refractivity (Wildman–Crippen MR) is 91.6 cm³/mol. The third-order valence-electron chi connectivity index (χ3n) is 3.67. The molecule has 0 bridgehead atoms. The van der Waals surface area contributed by atoms with E-state index in [9.17, 15) is 0 Å². The van der Waals surface area contributed by atoms with Crippen molar-refractivity contribution in [1.82, 2.24) is 10.2 Å². The minimum atomic E-state index is 0.418. The van der Waals surface area contributed by atoms with E-state index in [0.29, 0.717) is 6.54 Å². The summed E-state index contributed by atoms with van der Waals surface area (Å²) < 4.78 is 5.20. The van der Waals surface area contributed by atoms with Gasteiger partial charge in [-0.25, -0.2) is 4.99 Å². The molecule has 22 heavy (non-hydrogen) atoms. The average Bonchev–Trinajstić information content (AvgIpc) is 2.59. The maximum Gasteiger partial charge on any atom is 0.195 e. The largest absolute Gasteiger partial charge is 0.497 e. The second-order valence-corrected chi connectivity index (χ2v) is 5.05. The standard InChI is InChI=1S/C17H24N4O/c1-4-10-19-17(18-5-2)21-13-11-20(12-14-21)15-6-8-16(22-3)9-7-15/h1,6-9H,5,10-14H2,2-3H3,(H,18,19). The molecule has 0 amide bonds. The number of benzene rings is 1. The Hall–Kier alpha value is -2.35. The molecule has 1 heterocycles. The van der Waals surface area contributed by atoms with E-state index in [1.165, 1.54) is 5.69 Å². The second kappa shape index (κ2) is 8.18. The highest BCUT2D eigenvalue weighted by molar-refractivity contribution is 5.80. The van der Waals surface area contributed by atoms with Crippen molar-refractivity contribution in [1.29, 1.82) is 0 Å². The molecule has 2 rings (SSSR count). The normalized spacial score (nSPS) is 15.4. The van der Waals surface area contributed by atoms with Gasteiger partial charge in [-0.05, 0) is 31.2 Å². The van der Waals surface area contributed by atoms with Crippen LogP contribution in [0.4, 0.5) is 5.69 Å². The number of nitrogens with one attached hydrogen (secondary N) is 1. The van der Waals surface area contributed by atoms with E-state index >= 15 is 0 Å². The summed E-state index contributed by atoms with van der Waals surface area (Å²) in [5, 5.41) is 3.30. The quantitative estimate of drug-likeness (QED) is 0.519. The highest BCUT2D eigenvalue weighted by Crippen LogP contribution is 2.20. The van der Waals surface area contributed by atoms with Crippen LogP contribution in [0.15, 0.2) is 29.3 Å². The van der Waals surface area contributed by atoms with Gasteiger partial charge in [0, 0.05) is 38.4 Å². The first-order chi connectivity index (χ1) is 10.8. The molecule has 0 radical (unpaired) electrons. The van der Waals surface area contributed by atoms with Crippen LogP contribution in [0, 0.1) is 12.3 Å². The Kier molecular flexibility index (Phi) is 5.96. The summed E-state index contributed by atoms with van der Waals surface area (Å²) in [4.78, 5) is 9.08. The number of nitrogens with zero attached hydrogens (tertiary/aromatic N) is 3.